The van der Waals surface area contributed by atoms with Gasteiger partial charge >= 0.3 is 5.97 Å². The first-order valence-electron chi connectivity index (χ1n) is 11.4. The summed E-state index contributed by atoms with van der Waals surface area (Å²) in [5, 5.41) is 26.5. The average molecular weight is 512 g/mol. The topological polar surface area (TPSA) is 264 Å². The van der Waals surface area contributed by atoms with Crippen molar-refractivity contribution in [2.24, 2.45) is 28.1 Å². The largest absolute Gasteiger partial charge is 0.480 e. The number of imidazole rings is 1. The van der Waals surface area contributed by atoms with Crippen LogP contribution in [-0.4, -0.2) is 86.6 Å². The lowest BCUT2D eigenvalue weighted by Crippen LogP contribution is -2.59. The van der Waals surface area contributed by atoms with Crippen molar-refractivity contribution in [1.82, 2.24) is 25.9 Å². The van der Waals surface area contributed by atoms with Gasteiger partial charge in [-0.1, -0.05) is 13.8 Å². The Hall–Kier alpha value is -3.72. The number of H-pyrrole nitrogens is 1. The van der Waals surface area contributed by atoms with Gasteiger partial charge in [0.25, 0.3) is 0 Å². The number of aliphatic hydroxyl groups is 1. The lowest BCUT2D eigenvalue weighted by Gasteiger charge is -2.26. The number of hydrogen-bond donors (Lipinski definition) is 9. The van der Waals surface area contributed by atoms with Crippen molar-refractivity contribution in [3.8, 4) is 0 Å². The highest BCUT2D eigenvalue weighted by atomic mass is 16.4. The molecule has 12 N–H and O–H groups in total. The quantitative estimate of drug-likeness (QED) is 0.0650. The number of guanidine groups is 1. The Bertz CT molecular complexity index is 900. The third-order valence-corrected chi connectivity index (χ3v) is 5.24. The van der Waals surface area contributed by atoms with Crippen LogP contribution >= 0.6 is 0 Å². The normalized spacial score (nSPS) is 15.2. The van der Waals surface area contributed by atoms with Crippen molar-refractivity contribution in [3.05, 3.63) is 18.2 Å². The van der Waals surface area contributed by atoms with Gasteiger partial charge in [-0.2, -0.15) is 0 Å². The Balaban J connectivity index is 3.10. The molecular formula is C21H37N9O6. The minimum Gasteiger partial charge on any atom is -0.480 e. The molecule has 0 saturated heterocycles. The molecule has 202 valence electrons. The van der Waals surface area contributed by atoms with Gasteiger partial charge in [0.1, 0.15) is 24.2 Å². The van der Waals surface area contributed by atoms with Crippen LogP contribution < -0.4 is 33.2 Å². The van der Waals surface area contributed by atoms with E-state index < -0.39 is 59.9 Å². The zero-order valence-corrected chi connectivity index (χ0v) is 20.6. The summed E-state index contributed by atoms with van der Waals surface area (Å²) in [4.78, 5) is 60.7. The molecular weight excluding hydrogens is 474 g/mol. The Morgan fingerprint density at radius 1 is 1.06 bits per heavy atom. The lowest BCUT2D eigenvalue weighted by atomic mass is 10.0. The number of carboxylic acid groups (broad SMARTS) is 1. The van der Waals surface area contributed by atoms with Gasteiger partial charge in [0.15, 0.2) is 5.96 Å². The molecule has 0 fully saturated rings. The van der Waals surface area contributed by atoms with Gasteiger partial charge in [-0.3, -0.25) is 19.4 Å². The number of carbonyl (C=O) groups is 4. The summed E-state index contributed by atoms with van der Waals surface area (Å²) in [6.45, 7) is 4.77. The number of nitrogens with zero attached hydrogens (tertiary/aromatic N) is 2. The number of amides is 3. The van der Waals surface area contributed by atoms with E-state index in [1.165, 1.54) is 19.4 Å². The minimum atomic E-state index is -1.29. The zero-order valence-electron chi connectivity index (χ0n) is 20.6. The molecule has 36 heavy (non-hydrogen) atoms. The monoisotopic (exact) mass is 511 g/mol. The van der Waals surface area contributed by atoms with E-state index in [0.29, 0.717) is 12.1 Å². The Kier molecular flexibility index (Phi) is 12.3. The van der Waals surface area contributed by atoms with Crippen molar-refractivity contribution in [3.63, 3.8) is 0 Å². The van der Waals surface area contributed by atoms with Crippen molar-refractivity contribution in [2.75, 3.05) is 6.54 Å². The maximum atomic E-state index is 13.2. The smallest absolute Gasteiger partial charge is 0.326 e. The first-order valence-corrected chi connectivity index (χ1v) is 11.4. The van der Waals surface area contributed by atoms with Gasteiger partial charge in [0, 0.05) is 24.9 Å². The lowest BCUT2D eigenvalue weighted by molar-refractivity contribution is -0.143. The van der Waals surface area contributed by atoms with Crippen molar-refractivity contribution in [2.45, 2.75) is 70.3 Å². The van der Waals surface area contributed by atoms with E-state index in [9.17, 15) is 29.4 Å². The molecule has 1 heterocycles. The molecule has 0 aliphatic heterocycles. The number of aliphatic hydroxyl groups excluding tert-OH is 1. The summed E-state index contributed by atoms with van der Waals surface area (Å²) >= 11 is 0. The van der Waals surface area contributed by atoms with E-state index in [1.54, 1.807) is 13.8 Å². The number of aliphatic imine (C=N–C) groups is 1. The first-order chi connectivity index (χ1) is 16.8. The van der Waals surface area contributed by atoms with Crippen LogP contribution in [0.2, 0.25) is 0 Å². The van der Waals surface area contributed by atoms with Crippen LogP contribution in [0.3, 0.4) is 0 Å². The molecule has 1 aromatic rings. The zero-order chi connectivity index (χ0) is 27.4. The maximum Gasteiger partial charge on any atom is 0.326 e. The van der Waals surface area contributed by atoms with Crippen LogP contribution in [0.1, 0.15) is 39.3 Å². The number of aromatic nitrogens is 2. The summed E-state index contributed by atoms with van der Waals surface area (Å²) in [5.41, 5.74) is 16.8. The third-order valence-electron chi connectivity index (χ3n) is 5.24. The first kappa shape index (κ1) is 30.3. The predicted octanol–water partition coefficient (Wildman–Crippen LogP) is -3.09. The van der Waals surface area contributed by atoms with Gasteiger partial charge in [0.05, 0.1) is 12.4 Å². The number of aromatic amines is 1. The maximum absolute atomic E-state index is 13.2. The highest BCUT2D eigenvalue weighted by Crippen LogP contribution is 2.07. The van der Waals surface area contributed by atoms with Gasteiger partial charge in [-0.15, -0.1) is 0 Å². The van der Waals surface area contributed by atoms with E-state index in [4.69, 9.17) is 17.2 Å². The average Bonchev–Trinajstić information content (AvgIpc) is 3.30. The van der Waals surface area contributed by atoms with Crippen molar-refractivity contribution >= 4 is 29.7 Å². The number of nitrogens with one attached hydrogen (secondary N) is 4. The van der Waals surface area contributed by atoms with E-state index >= 15 is 0 Å². The molecule has 5 atom stereocenters. The summed E-state index contributed by atoms with van der Waals surface area (Å²) in [6.07, 6.45) is 2.04. The molecule has 1 rings (SSSR count). The fourth-order valence-electron chi connectivity index (χ4n) is 3.12. The van der Waals surface area contributed by atoms with E-state index in [2.05, 4.69) is 30.9 Å². The Labute approximate surface area is 208 Å². The fraction of sp³-hybridized carbons (Fsp3) is 0.619. The molecule has 3 amide bonds. The van der Waals surface area contributed by atoms with Gasteiger partial charge < -0.3 is 48.3 Å². The van der Waals surface area contributed by atoms with Crippen LogP contribution in [0.4, 0.5) is 0 Å². The van der Waals surface area contributed by atoms with Crippen LogP contribution in [0.5, 0.6) is 0 Å². The molecule has 15 heteroatoms. The number of carbonyl (C=O) groups excluding carboxylic acids is 3. The molecule has 0 aliphatic carbocycles. The van der Waals surface area contributed by atoms with E-state index in [-0.39, 0.29) is 25.3 Å². The fourth-order valence-corrected chi connectivity index (χ4v) is 3.12. The molecule has 0 aromatic carbocycles. The molecule has 0 aliphatic rings. The number of aliphatic carboxylic acids is 1. The Morgan fingerprint density at radius 2 is 1.67 bits per heavy atom. The minimum absolute atomic E-state index is 0.0177. The van der Waals surface area contributed by atoms with Crippen molar-refractivity contribution in [1.29, 1.82) is 0 Å². The van der Waals surface area contributed by atoms with Crippen LogP contribution in [0.25, 0.3) is 0 Å². The third kappa shape index (κ3) is 10.3. The number of hydrogen-bond acceptors (Lipinski definition) is 8. The second kappa shape index (κ2) is 14.6. The second-order valence-electron chi connectivity index (χ2n) is 8.69. The second-order valence-corrected chi connectivity index (χ2v) is 8.69. The summed E-state index contributed by atoms with van der Waals surface area (Å²) < 4.78 is 0. The molecule has 0 radical (unpaired) electrons. The van der Waals surface area contributed by atoms with Gasteiger partial charge in [0.2, 0.25) is 17.7 Å². The van der Waals surface area contributed by atoms with Gasteiger partial charge in [-0.05, 0) is 25.7 Å². The molecule has 0 spiro atoms. The molecule has 0 bridgehead atoms. The van der Waals surface area contributed by atoms with Crippen LogP contribution in [-0.2, 0) is 25.6 Å². The predicted molar refractivity (Wildman–Crippen MR) is 130 cm³/mol. The van der Waals surface area contributed by atoms with E-state index in [0.717, 1.165) is 0 Å². The molecule has 15 nitrogen and oxygen atoms in total. The number of carboxylic acids is 1. The van der Waals surface area contributed by atoms with Crippen molar-refractivity contribution < 1.29 is 29.4 Å². The molecule has 0 saturated carbocycles. The van der Waals surface area contributed by atoms with Crippen LogP contribution in [0, 0.1) is 5.92 Å². The number of nitrogens with two attached hydrogens (primary N) is 3. The summed E-state index contributed by atoms with van der Waals surface area (Å²) in [5.74, 6) is -4.00. The Morgan fingerprint density at radius 3 is 2.17 bits per heavy atom. The molecule has 5 unspecified atom stereocenters. The van der Waals surface area contributed by atoms with Gasteiger partial charge in [-0.25, -0.2) is 9.78 Å². The summed E-state index contributed by atoms with van der Waals surface area (Å²) in [6, 6.07) is -4.81. The highest BCUT2D eigenvalue weighted by Gasteiger charge is 2.32. The SMILES string of the molecule is CC(C)C(NC(=O)C(CCCN=C(N)N)NC(=O)C(Cc1cnc[nH]1)NC(=O)C(N)C(C)O)C(=O)O. The standard InChI is InChI=1S/C21H37N9O6/c1-10(2)16(20(35)36)30-17(32)13(5-4-6-26-21(23)24)28-18(33)14(7-12-8-25-9-27-12)29-19(34)15(22)11(3)31/h8-11,13-16,31H,4-7,22H2,1-3H3,(H,25,27)(H,28,33)(H,29,34)(H,30,32)(H,35,36)(H4,23,24,26). The number of rotatable bonds is 15. The highest BCUT2D eigenvalue weighted by molar-refractivity contribution is 5.94. The molecule has 1 aromatic heterocycles. The van der Waals surface area contributed by atoms with E-state index in [1.807, 2.05) is 0 Å². The van der Waals surface area contributed by atoms with Crippen LogP contribution in [0.15, 0.2) is 17.5 Å². The summed E-state index contributed by atoms with van der Waals surface area (Å²) in [7, 11) is 0.